The van der Waals surface area contributed by atoms with Gasteiger partial charge in [0, 0.05) is 5.54 Å². The lowest BCUT2D eigenvalue weighted by Crippen LogP contribution is -2.53. The molecule has 0 heterocycles. The summed E-state index contributed by atoms with van der Waals surface area (Å²) in [7, 11) is 2.15. The summed E-state index contributed by atoms with van der Waals surface area (Å²) in [5.74, 6) is 0.0385. The van der Waals surface area contributed by atoms with Gasteiger partial charge < -0.3 is 15.4 Å². The van der Waals surface area contributed by atoms with Crippen molar-refractivity contribution in [3.8, 4) is 0 Å². The molecule has 2 N–H and O–H groups in total. The third-order valence-electron chi connectivity index (χ3n) is 5.24. The van der Waals surface area contributed by atoms with Crippen LogP contribution in [0.1, 0.15) is 59.8 Å². The summed E-state index contributed by atoms with van der Waals surface area (Å²) in [5, 5.41) is 0. The number of esters is 1. The molecule has 2 unspecified atom stereocenters. The average Bonchev–Trinajstić information content (AvgIpc) is 2.79. The molecular formula is C16H32N2O2. The normalized spacial score (nSPS) is 27.1. The van der Waals surface area contributed by atoms with E-state index in [4.69, 9.17) is 10.5 Å². The van der Waals surface area contributed by atoms with Gasteiger partial charge in [-0.25, -0.2) is 0 Å². The molecule has 1 saturated carbocycles. The molecule has 0 aromatic carbocycles. The smallest absolute Gasteiger partial charge is 0.326 e. The van der Waals surface area contributed by atoms with Crippen molar-refractivity contribution < 1.29 is 9.53 Å². The van der Waals surface area contributed by atoms with E-state index in [9.17, 15) is 4.79 Å². The van der Waals surface area contributed by atoms with E-state index in [1.165, 1.54) is 0 Å². The fraction of sp³-hybridized carbons (Fsp3) is 0.938. The average molecular weight is 284 g/mol. The van der Waals surface area contributed by atoms with Crippen LogP contribution in [0.2, 0.25) is 0 Å². The van der Waals surface area contributed by atoms with E-state index in [1.54, 1.807) is 0 Å². The highest BCUT2D eigenvalue weighted by Gasteiger charge is 2.46. The van der Waals surface area contributed by atoms with Crippen LogP contribution in [0.25, 0.3) is 0 Å². The largest absolute Gasteiger partial charge is 0.465 e. The van der Waals surface area contributed by atoms with Gasteiger partial charge in [-0.1, -0.05) is 13.3 Å². The third-order valence-corrected chi connectivity index (χ3v) is 5.24. The Hall–Kier alpha value is -0.610. The van der Waals surface area contributed by atoms with Crippen LogP contribution in [0, 0.1) is 5.92 Å². The van der Waals surface area contributed by atoms with Crippen LogP contribution in [-0.4, -0.2) is 42.1 Å². The molecule has 0 radical (unpaired) electrons. The molecule has 1 aliphatic rings. The van der Waals surface area contributed by atoms with E-state index in [-0.39, 0.29) is 17.4 Å². The molecule has 1 rings (SSSR count). The number of rotatable bonds is 7. The summed E-state index contributed by atoms with van der Waals surface area (Å²) < 4.78 is 5.18. The number of ether oxygens (including phenoxy) is 1. The van der Waals surface area contributed by atoms with Crippen LogP contribution in [0.5, 0.6) is 0 Å². The molecule has 0 aromatic heterocycles. The highest BCUT2D eigenvalue weighted by Crippen LogP contribution is 2.37. The lowest BCUT2D eigenvalue weighted by atomic mass is 9.85. The van der Waals surface area contributed by atoms with Crippen LogP contribution in [-0.2, 0) is 9.53 Å². The van der Waals surface area contributed by atoms with Gasteiger partial charge >= 0.3 is 5.97 Å². The second kappa shape index (κ2) is 6.90. The van der Waals surface area contributed by atoms with Crippen LogP contribution in [0.3, 0.4) is 0 Å². The van der Waals surface area contributed by atoms with Crippen LogP contribution >= 0.6 is 0 Å². The van der Waals surface area contributed by atoms with E-state index < -0.39 is 5.54 Å². The Labute approximate surface area is 124 Å². The van der Waals surface area contributed by atoms with Crippen molar-refractivity contribution in [3.05, 3.63) is 0 Å². The zero-order valence-corrected chi connectivity index (χ0v) is 13.9. The van der Waals surface area contributed by atoms with Crippen molar-refractivity contribution in [3.63, 3.8) is 0 Å². The monoisotopic (exact) mass is 284 g/mol. The van der Waals surface area contributed by atoms with E-state index in [2.05, 4.69) is 32.7 Å². The van der Waals surface area contributed by atoms with Gasteiger partial charge in [0.2, 0.25) is 0 Å². The minimum absolute atomic E-state index is 0.194. The van der Waals surface area contributed by atoms with Crippen molar-refractivity contribution >= 4 is 5.97 Å². The molecule has 118 valence electrons. The predicted molar refractivity (Wildman–Crippen MR) is 82.5 cm³/mol. The Kier molecular flexibility index (Phi) is 6.02. The Morgan fingerprint density at radius 2 is 2.10 bits per heavy atom. The first-order valence-electron chi connectivity index (χ1n) is 7.95. The number of carbonyl (C=O) groups is 1. The third kappa shape index (κ3) is 3.73. The molecule has 0 amide bonds. The fourth-order valence-corrected chi connectivity index (χ4v) is 2.96. The number of nitrogens with two attached hydrogens (primary N) is 1. The minimum Gasteiger partial charge on any atom is -0.465 e. The first-order chi connectivity index (χ1) is 9.28. The molecule has 2 atom stereocenters. The molecule has 4 heteroatoms. The second-order valence-corrected chi connectivity index (χ2v) is 6.73. The lowest BCUT2D eigenvalue weighted by Gasteiger charge is -2.37. The van der Waals surface area contributed by atoms with E-state index in [0.29, 0.717) is 6.61 Å². The van der Waals surface area contributed by atoms with Gasteiger partial charge in [-0.15, -0.1) is 0 Å². The van der Waals surface area contributed by atoms with Crippen LogP contribution < -0.4 is 5.73 Å². The van der Waals surface area contributed by atoms with Gasteiger partial charge in [0.1, 0.15) is 5.54 Å². The van der Waals surface area contributed by atoms with E-state index in [0.717, 1.165) is 38.6 Å². The Morgan fingerprint density at radius 1 is 1.45 bits per heavy atom. The predicted octanol–water partition coefficient (Wildman–Crippen LogP) is 2.56. The molecule has 1 fully saturated rings. The molecule has 0 saturated heterocycles. The topological polar surface area (TPSA) is 55.6 Å². The number of hydrogen-bond acceptors (Lipinski definition) is 4. The van der Waals surface area contributed by atoms with Gasteiger partial charge in [-0.05, 0) is 66.0 Å². The summed E-state index contributed by atoms with van der Waals surface area (Å²) in [6, 6.07) is 0. The molecule has 0 aromatic rings. The number of carbonyl (C=O) groups excluding carboxylic acids is 1. The second-order valence-electron chi connectivity index (χ2n) is 6.73. The molecule has 20 heavy (non-hydrogen) atoms. The van der Waals surface area contributed by atoms with Gasteiger partial charge in [-0.3, -0.25) is 4.79 Å². The zero-order chi connectivity index (χ0) is 15.4. The summed E-state index contributed by atoms with van der Waals surface area (Å²) in [5.41, 5.74) is 5.81. The van der Waals surface area contributed by atoms with E-state index in [1.807, 2.05) is 6.92 Å². The summed E-state index contributed by atoms with van der Waals surface area (Å²) in [6.45, 7) is 9.93. The first-order valence-corrected chi connectivity index (χ1v) is 7.95. The quantitative estimate of drug-likeness (QED) is 0.730. The van der Waals surface area contributed by atoms with Gasteiger partial charge in [0.25, 0.3) is 0 Å². The maximum atomic E-state index is 12.1. The minimum atomic E-state index is -0.757. The highest BCUT2D eigenvalue weighted by molar-refractivity contribution is 5.81. The molecule has 0 aliphatic heterocycles. The molecule has 1 aliphatic carbocycles. The Morgan fingerprint density at radius 3 is 2.65 bits per heavy atom. The van der Waals surface area contributed by atoms with Crippen LogP contribution in [0.15, 0.2) is 0 Å². The summed E-state index contributed by atoms with van der Waals surface area (Å²) in [4.78, 5) is 14.5. The first kappa shape index (κ1) is 17.4. The van der Waals surface area contributed by atoms with Gasteiger partial charge in [-0.2, -0.15) is 0 Å². The van der Waals surface area contributed by atoms with Crippen molar-refractivity contribution in [1.82, 2.24) is 4.90 Å². The van der Waals surface area contributed by atoms with E-state index >= 15 is 0 Å². The van der Waals surface area contributed by atoms with Gasteiger partial charge in [0.15, 0.2) is 0 Å². The SMILES string of the molecule is CCOC(=O)C1(N)CCCC1CCN(C)C(C)(C)CC. The van der Waals surface area contributed by atoms with Crippen LogP contribution in [0.4, 0.5) is 0 Å². The number of hydrogen-bond donors (Lipinski definition) is 1. The maximum Gasteiger partial charge on any atom is 0.326 e. The Balaban J connectivity index is 2.60. The summed E-state index contributed by atoms with van der Waals surface area (Å²) in [6.07, 6.45) is 4.91. The van der Waals surface area contributed by atoms with Crippen molar-refractivity contribution in [2.45, 2.75) is 70.9 Å². The molecule has 0 spiro atoms. The lowest BCUT2D eigenvalue weighted by molar-refractivity contribution is -0.151. The molecule has 0 bridgehead atoms. The molecular weight excluding hydrogens is 252 g/mol. The maximum absolute atomic E-state index is 12.1. The summed E-state index contributed by atoms with van der Waals surface area (Å²) >= 11 is 0. The van der Waals surface area contributed by atoms with Gasteiger partial charge in [0.05, 0.1) is 6.61 Å². The fourth-order valence-electron chi connectivity index (χ4n) is 2.96. The standard InChI is InChI=1S/C16H32N2O2/c1-6-15(3,4)18(5)12-10-13-9-8-11-16(13,17)14(19)20-7-2/h13H,6-12,17H2,1-5H3. The van der Waals surface area contributed by atoms with Crippen molar-refractivity contribution in [1.29, 1.82) is 0 Å². The van der Waals surface area contributed by atoms with Crippen molar-refractivity contribution in [2.75, 3.05) is 20.2 Å². The highest BCUT2D eigenvalue weighted by atomic mass is 16.5. The zero-order valence-electron chi connectivity index (χ0n) is 13.9. The molecule has 4 nitrogen and oxygen atoms in total. The van der Waals surface area contributed by atoms with Crippen molar-refractivity contribution in [2.24, 2.45) is 11.7 Å². The number of nitrogens with zero attached hydrogens (tertiary/aromatic N) is 1. The Bertz CT molecular complexity index is 330.